The van der Waals surface area contributed by atoms with Crippen LogP contribution in [-0.2, 0) is 4.79 Å². The van der Waals surface area contributed by atoms with Crippen molar-refractivity contribution in [1.29, 1.82) is 5.26 Å². The zero-order valence-electron chi connectivity index (χ0n) is 8.20. The number of nitrogens with two attached hydrogens (primary N) is 1. The number of halogens is 1. The molecule has 4 nitrogen and oxygen atoms in total. The van der Waals surface area contributed by atoms with E-state index in [0.717, 1.165) is 4.47 Å². The van der Waals surface area contributed by atoms with E-state index >= 15 is 0 Å². The maximum Gasteiger partial charge on any atom is 0.236 e. The molecule has 15 heavy (non-hydrogen) atoms. The quantitative estimate of drug-likeness (QED) is 0.896. The molecule has 2 N–H and O–H groups in total. The summed E-state index contributed by atoms with van der Waals surface area (Å²) >= 11 is 3.31. The second kappa shape index (κ2) is 4.80. The van der Waals surface area contributed by atoms with Gasteiger partial charge in [0.1, 0.15) is 6.07 Å². The Morgan fingerprint density at radius 3 is 2.87 bits per heavy atom. The van der Waals surface area contributed by atoms with E-state index < -0.39 is 5.91 Å². The summed E-state index contributed by atoms with van der Waals surface area (Å²) in [6, 6.07) is 7.31. The number of amides is 1. The third-order valence-corrected chi connectivity index (χ3v) is 2.38. The van der Waals surface area contributed by atoms with Gasteiger partial charge in [0.15, 0.2) is 0 Å². The van der Waals surface area contributed by atoms with Gasteiger partial charge in [-0.2, -0.15) is 5.26 Å². The molecule has 0 spiro atoms. The van der Waals surface area contributed by atoms with Gasteiger partial charge in [-0.15, -0.1) is 0 Å². The van der Waals surface area contributed by atoms with Crippen LogP contribution in [0, 0.1) is 11.3 Å². The molecule has 0 heterocycles. The van der Waals surface area contributed by atoms with Gasteiger partial charge in [0.05, 0.1) is 17.8 Å². The van der Waals surface area contributed by atoms with Crippen LogP contribution in [0.2, 0.25) is 0 Å². The van der Waals surface area contributed by atoms with E-state index in [1.54, 1.807) is 30.1 Å². The molecule has 5 heteroatoms. The van der Waals surface area contributed by atoms with Crippen LogP contribution in [0.25, 0.3) is 0 Å². The molecule has 0 bridgehead atoms. The fourth-order valence-corrected chi connectivity index (χ4v) is 1.58. The van der Waals surface area contributed by atoms with Crippen LogP contribution in [0.4, 0.5) is 5.69 Å². The molecular formula is C10H10BrN3O. The smallest absolute Gasteiger partial charge is 0.236 e. The number of hydrogen-bond donors (Lipinski definition) is 1. The molecular weight excluding hydrogens is 258 g/mol. The normalized spacial score (nSPS) is 9.40. The molecule has 0 fully saturated rings. The zero-order chi connectivity index (χ0) is 11.4. The highest BCUT2D eigenvalue weighted by molar-refractivity contribution is 9.10. The van der Waals surface area contributed by atoms with Gasteiger partial charge in [0, 0.05) is 11.5 Å². The van der Waals surface area contributed by atoms with Crippen molar-refractivity contribution < 1.29 is 4.79 Å². The highest BCUT2D eigenvalue weighted by atomic mass is 79.9. The number of nitriles is 1. The average Bonchev–Trinajstić information content (AvgIpc) is 2.16. The molecule has 0 aliphatic carbocycles. The number of rotatable bonds is 3. The molecule has 1 aromatic carbocycles. The fraction of sp³-hybridized carbons (Fsp3) is 0.200. The Labute approximate surface area is 96.4 Å². The fourth-order valence-electron chi connectivity index (χ4n) is 1.23. The molecule has 0 radical (unpaired) electrons. The van der Waals surface area contributed by atoms with Crippen molar-refractivity contribution in [2.45, 2.75) is 0 Å². The van der Waals surface area contributed by atoms with Crippen LogP contribution < -0.4 is 10.6 Å². The lowest BCUT2D eigenvalue weighted by atomic mass is 10.2. The molecule has 0 aliphatic rings. The molecule has 1 amide bonds. The lowest BCUT2D eigenvalue weighted by Gasteiger charge is -2.18. The van der Waals surface area contributed by atoms with Crippen LogP contribution in [0.15, 0.2) is 22.7 Å². The lowest BCUT2D eigenvalue weighted by Crippen LogP contribution is -2.30. The zero-order valence-corrected chi connectivity index (χ0v) is 9.78. The van der Waals surface area contributed by atoms with Gasteiger partial charge < -0.3 is 10.6 Å². The number of carbonyl (C=O) groups is 1. The van der Waals surface area contributed by atoms with Crippen molar-refractivity contribution in [2.75, 3.05) is 18.5 Å². The molecule has 0 aliphatic heterocycles. The first kappa shape index (κ1) is 11.5. The molecule has 0 aromatic heterocycles. The number of benzene rings is 1. The lowest BCUT2D eigenvalue weighted by molar-refractivity contribution is -0.116. The van der Waals surface area contributed by atoms with Gasteiger partial charge in [0.2, 0.25) is 5.91 Å². The van der Waals surface area contributed by atoms with Crippen molar-refractivity contribution in [1.82, 2.24) is 0 Å². The van der Waals surface area contributed by atoms with E-state index in [4.69, 9.17) is 11.0 Å². The molecule has 0 unspecified atom stereocenters. The monoisotopic (exact) mass is 267 g/mol. The molecule has 0 atom stereocenters. The van der Waals surface area contributed by atoms with Crippen molar-refractivity contribution in [3.8, 4) is 6.07 Å². The molecule has 1 rings (SSSR count). The summed E-state index contributed by atoms with van der Waals surface area (Å²) in [4.78, 5) is 12.4. The van der Waals surface area contributed by atoms with Crippen molar-refractivity contribution >= 4 is 27.5 Å². The number of primary amides is 1. The minimum absolute atomic E-state index is 0.0884. The predicted octanol–water partition coefficient (Wildman–Crippen LogP) is 1.24. The van der Waals surface area contributed by atoms with Crippen LogP contribution in [0.1, 0.15) is 5.56 Å². The Kier molecular flexibility index (Phi) is 3.69. The molecule has 0 saturated heterocycles. The third kappa shape index (κ3) is 2.96. The summed E-state index contributed by atoms with van der Waals surface area (Å²) < 4.78 is 0.854. The number of nitrogens with zero attached hydrogens (tertiary/aromatic N) is 2. The number of carbonyl (C=O) groups excluding carboxylic acids is 1. The Morgan fingerprint density at radius 2 is 2.33 bits per heavy atom. The van der Waals surface area contributed by atoms with Gasteiger partial charge >= 0.3 is 0 Å². The number of anilines is 1. The van der Waals surface area contributed by atoms with E-state index in [-0.39, 0.29) is 6.54 Å². The predicted molar refractivity (Wildman–Crippen MR) is 61.3 cm³/mol. The van der Waals surface area contributed by atoms with Crippen LogP contribution in [-0.4, -0.2) is 19.5 Å². The Morgan fingerprint density at radius 1 is 1.67 bits per heavy atom. The summed E-state index contributed by atoms with van der Waals surface area (Å²) in [5, 5.41) is 8.88. The first-order valence-electron chi connectivity index (χ1n) is 4.23. The van der Waals surface area contributed by atoms with Gasteiger partial charge in [-0.25, -0.2) is 0 Å². The summed E-state index contributed by atoms with van der Waals surface area (Å²) in [5.41, 5.74) is 6.29. The van der Waals surface area contributed by atoms with Gasteiger partial charge in [-0.3, -0.25) is 4.79 Å². The second-order valence-corrected chi connectivity index (χ2v) is 4.01. The third-order valence-electron chi connectivity index (χ3n) is 1.88. The van der Waals surface area contributed by atoms with Crippen LogP contribution in [0.5, 0.6) is 0 Å². The van der Waals surface area contributed by atoms with E-state index in [0.29, 0.717) is 11.3 Å². The van der Waals surface area contributed by atoms with E-state index in [1.165, 1.54) is 0 Å². The Balaban J connectivity index is 3.06. The Hall–Kier alpha value is -1.54. The Bertz CT molecular complexity index is 425. The van der Waals surface area contributed by atoms with Crippen LogP contribution in [0.3, 0.4) is 0 Å². The van der Waals surface area contributed by atoms with Gasteiger partial charge in [-0.05, 0) is 18.2 Å². The largest absolute Gasteiger partial charge is 0.368 e. The van der Waals surface area contributed by atoms with Crippen molar-refractivity contribution in [3.05, 3.63) is 28.2 Å². The van der Waals surface area contributed by atoms with Crippen LogP contribution >= 0.6 is 15.9 Å². The summed E-state index contributed by atoms with van der Waals surface area (Å²) in [6.07, 6.45) is 0. The average molecular weight is 268 g/mol. The summed E-state index contributed by atoms with van der Waals surface area (Å²) in [7, 11) is 1.72. The maximum absolute atomic E-state index is 10.8. The van der Waals surface area contributed by atoms with E-state index in [9.17, 15) is 4.79 Å². The van der Waals surface area contributed by atoms with Gasteiger partial charge in [0.25, 0.3) is 0 Å². The standard InChI is InChI=1S/C10H10BrN3O/c1-14(6-10(13)15)9-4-8(11)3-2-7(9)5-12/h2-4H,6H2,1H3,(H2,13,15). The van der Waals surface area contributed by atoms with E-state index in [2.05, 4.69) is 22.0 Å². The maximum atomic E-state index is 10.8. The molecule has 0 saturated carbocycles. The molecule has 78 valence electrons. The minimum atomic E-state index is -0.429. The first-order valence-corrected chi connectivity index (χ1v) is 5.03. The van der Waals surface area contributed by atoms with Crippen molar-refractivity contribution in [2.24, 2.45) is 5.73 Å². The highest BCUT2D eigenvalue weighted by Gasteiger charge is 2.09. The number of hydrogen-bond acceptors (Lipinski definition) is 3. The minimum Gasteiger partial charge on any atom is -0.368 e. The number of likely N-dealkylation sites (N-methyl/N-ethyl adjacent to an activating group) is 1. The first-order chi connectivity index (χ1) is 7.04. The van der Waals surface area contributed by atoms with E-state index in [1.807, 2.05) is 0 Å². The second-order valence-electron chi connectivity index (χ2n) is 3.10. The molecule has 1 aromatic rings. The van der Waals surface area contributed by atoms with Crippen molar-refractivity contribution in [3.63, 3.8) is 0 Å². The topological polar surface area (TPSA) is 70.1 Å². The van der Waals surface area contributed by atoms with Gasteiger partial charge in [-0.1, -0.05) is 15.9 Å². The SMILES string of the molecule is CN(CC(N)=O)c1cc(Br)ccc1C#N. The summed E-state index contributed by atoms with van der Waals surface area (Å²) in [6.45, 7) is 0.0884. The highest BCUT2D eigenvalue weighted by Crippen LogP contribution is 2.23. The summed E-state index contributed by atoms with van der Waals surface area (Å²) in [5.74, 6) is -0.429.